The number of thiophene rings is 1. The molecule has 1 aromatic rings. The number of hydrogen-bond donors (Lipinski definition) is 2. The summed E-state index contributed by atoms with van der Waals surface area (Å²) in [6.07, 6.45) is 0. The van der Waals surface area contributed by atoms with E-state index in [1.54, 1.807) is 11.3 Å². The lowest BCUT2D eigenvalue weighted by Gasteiger charge is -2.19. The number of rotatable bonds is 6. The average molecular weight is 319 g/mol. The molecule has 0 saturated carbocycles. The molecule has 17 heavy (non-hydrogen) atoms. The molecule has 1 aromatic heterocycles. The standard InChI is InChI=1S/C12H19BrN2OS/c1-8(2)10(7-14-3)12(16)15-6-9-4-5-11(13)17-9/h4-5,8,10,14H,6-7H2,1-3H3,(H,15,16). The maximum atomic E-state index is 12.0. The lowest BCUT2D eigenvalue weighted by Crippen LogP contribution is -2.38. The van der Waals surface area contributed by atoms with Crippen LogP contribution in [0.15, 0.2) is 15.9 Å². The summed E-state index contributed by atoms with van der Waals surface area (Å²) < 4.78 is 1.09. The van der Waals surface area contributed by atoms with Crippen molar-refractivity contribution < 1.29 is 4.79 Å². The molecular weight excluding hydrogens is 300 g/mol. The van der Waals surface area contributed by atoms with Crippen LogP contribution in [0.2, 0.25) is 0 Å². The van der Waals surface area contributed by atoms with Crippen molar-refractivity contribution in [3.8, 4) is 0 Å². The highest BCUT2D eigenvalue weighted by atomic mass is 79.9. The Labute approximate surface area is 115 Å². The summed E-state index contributed by atoms with van der Waals surface area (Å²) >= 11 is 5.06. The third kappa shape index (κ3) is 4.77. The second kappa shape index (κ2) is 7.13. The van der Waals surface area contributed by atoms with Crippen molar-refractivity contribution in [3.63, 3.8) is 0 Å². The smallest absolute Gasteiger partial charge is 0.224 e. The summed E-state index contributed by atoms with van der Waals surface area (Å²) in [7, 11) is 1.87. The molecule has 0 aliphatic carbocycles. The molecule has 0 saturated heterocycles. The quantitative estimate of drug-likeness (QED) is 0.846. The van der Waals surface area contributed by atoms with Gasteiger partial charge in [-0.3, -0.25) is 4.79 Å². The Morgan fingerprint density at radius 3 is 2.65 bits per heavy atom. The minimum absolute atomic E-state index is 0.0309. The molecule has 0 aromatic carbocycles. The van der Waals surface area contributed by atoms with Gasteiger partial charge in [0.1, 0.15) is 0 Å². The third-order valence-corrected chi connectivity index (χ3v) is 4.25. The largest absolute Gasteiger partial charge is 0.351 e. The first-order chi connectivity index (χ1) is 8.04. The normalized spacial score (nSPS) is 12.8. The summed E-state index contributed by atoms with van der Waals surface area (Å²) in [6, 6.07) is 4.02. The fraction of sp³-hybridized carbons (Fsp3) is 0.583. The van der Waals surface area contributed by atoms with Gasteiger partial charge >= 0.3 is 0 Å². The van der Waals surface area contributed by atoms with Crippen LogP contribution < -0.4 is 10.6 Å². The van der Waals surface area contributed by atoms with Gasteiger partial charge in [-0.1, -0.05) is 13.8 Å². The minimum atomic E-state index is 0.0309. The molecule has 1 rings (SSSR count). The first-order valence-electron chi connectivity index (χ1n) is 5.71. The van der Waals surface area contributed by atoms with Crippen LogP contribution in [-0.2, 0) is 11.3 Å². The lowest BCUT2D eigenvalue weighted by atomic mass is 9.95. The van der Waals surface area contributed by atoms with Crippen molar-refractivity contribution in [1.82, 2.24) is 10.6 Å². The Morgan fingerprint density at radius 1 is 1.47 bits per heavy atom. The van der Waals surface area contributed by atoms with E-state index in [-0.39, 0.29) is 11.8 Å². The van der Waals surface area contributed by atoms with E-state index < -0.39 is 0 Å². The number of amides is 1. The lowest BCUT2D eigenvalue weighted by molar-refractivity contribution is -0.126. The molecule has 3 nitrogen and oxygen atoms in total. The van der Waals surface area contributed by atoms with Crippen LogP contribution in [0.5, 0.6) is 0 Å². The SMILES string of the molecule is CNCC(C(=O)NCc1ccc(Br)s1)C(C)C. The molecule has 1 unspecified atom stereocenters. The first kappa shape index (κ1) is 14.7. The zero-order valence-corrected chi connectivity index (χ0v) is 12.8. The minimum Gasteiger partial charge on any atom is -0.351 e. The fourth-order valence-electron chi connectivity index (χ4n) is 1.60. The summed E-state index contributed by atoms with van der Waals surface area (Å²) in [6.45, 7) is 5.48. The Bertz CT molecular complexity index is 365. The summed E-state index contributed by atoms with van der Waals surface area (Å²) in [4.78, 5) is 13.2. The van der Waals surface area contributed by atoms with E-state index in [2.05, 4.69) is 40.4 Å². The van der Waals surface area contributed by atoms with E-state index in [9.17, 15) is 4.79 Å². The van der Waals surface area contributed by atoms with Gasteiger partial charge < -0.3 is 10.6 Å². The van der Waals surface area contributed by atoms with Crippen molar-refractivity contribution in [1.29, 1.82) is 0 Å². The molecule has 0 spiro atoms. The number of carbonyl (C=O) groups is 1. The van der Waals surface area contributed by atoms with Crippen LogP contribution in [0, 0.1) is 11.8 Å². The highest BCUT2D eigenvalue weighted by Gasteiger charge is 2.20. The zero-order valence-electron chi connectivity index (χ0n) is 10.4. The Hall–Kier alpha value is -0.390. The topological polar surface area (TPSA) is 41.1 Å². The van der Waals surface area contributed by atoms with Gasteiger partial charge in [0.05, 0.1) is 16.2 Å². The van der Waals surface area contributed by atoms with E-state index >= 15 is 0 Å². The molecule has 5 heteroatoms. The zero-order chi connectivity index (χ0) is 12.8. The van der Waals surface area contributed by atoms with Gasteiger partial charge in [0.25, 0.3) is 0 Å². The third-order valence-electron chi connectivity index (χ3n) is 2.63. The van der Waals surface area contributed by atoms with E-state index in [4.69, 9.17) is 0 Å². The van der Waals surface area contributed by atoms with Gasteiger partial charge in [-0.05, 0) is 41.0 Å². The molecule has 1 amide bonds. The Kier molecular flexibility index (Phi) is 6.16. The maximum Gasteiger partial charge on any atom is 0.224 e. The number of carbonyl (C=O) groups excluding carboxylic acids is 1. The van der Waals surface area contributed by atoms with E-state index in [1.807, 2.05) is 19.2 Å². The van der Waals surface area contributed by atoms with Gasteiger partial charge in [0.15, 0.2) is 0 Å². The molecule has 1 heterocycles. The highest BCUT2D eigenvalue weighted by Crippen LogP contribution is 2.22. The monoisotopic (exact) mass is 318 g/mol. The molecule has 0 aliphatic rings. The Morgan fingerprint density at radius 2 is 2.18 bits per heavy atom. The highest BCUT2D eigenvalue weighted by molar-refractivity contribution is 9.11. The van der Waals surface area contributed by atoms with E-state index in [0.717, 1.165) is 15.2 Å². The molecule has 0 aliphatic heterocycles. The van der Waals surface area contributed by atoms with Crippen molar-refractivity contribution in [2.75, 3.05) is 13.6 Å². The first-order valence-corrected chi connectivity index (χ1v) is 7.32. The Balaban J connectivity index is 2.47. The van der Waals surface area contributed by atoms with Crippen LogP contribution >= 0.6 is 27.3 Å². The van der Waals surface area contributed by atoms with Crippen LogP contribution in [-0.4, -0.2) is 19.5 Å². The van der Waals surface area contributed by atoms with Crippen molar-refractivity contribution in [2.45, 2.75) is 20.4 Å². The molecular formula is C12H19BrN2OS. The predicted molar refractivity (Wildman–Crippen MR) is 76.1 cm³/mol. The van der Waals surface area contributed by atoms with Gasteiger partial charge in [0.2, 0.25) is 5.91 Å². The molecule has 96 valence electrons. The van der Waals surface area contributed by atoms with Crippen molar-refractivity contribution >= 4 is 33.2 Å². The van der Waals surface area contributed by atoms with Gasteiger partial charge in [-0.2, -0.15) is 0 Å². The number of hydrogen-bond acceptors (Lipinski definition) is 3. The summed E-state index contributed by atoms with van der Waals surface area (Å²) in [5, 5.41) is 6.06. The molecule has 2 N–H and O–H groups in total. The molecule has 0 bridgehead atoms. The van der Waals surface area contributed by atoms with Crippen LogP contribution in [0.3, 0.4) is 0 Å². The van der Waals surface area contributed by atoms with Gasteiger partial charge in [0, 0.05) is 11.4 Å². The summed E-state index contributed by atoms with van der Waals surface area (Å²) in [5.41, 5.74) is 0. The second-order valence-corrected chi connectivity index (χ2v) is 6.88. The van der Waals surface area contributed by atoms with Crippen molar-refractivity contribution in [2.24, 2.45) is 11.8 Å². The van der Waals surface area contributed by atoms with Crippen LogP contribution in [0.1, 0.15) is 18.7 Å². The number of halogens is 1. The number of nitrogens with one attached hydrogen (secondary N) is 2. The van der Waals surface area contributed by atoms with Crippen LogP contribution in [0.25, 0.3) is 0 Å². The predicted octanol–water partition coefficient (Wildman–Crippen LogP) is 2.62. The average Bonchev–Trinajstić information content (AvgIpc) is 2.68. The van der Waals surface area contributed by atoms with Gasteiger partial charge in [-0.25, -0.2) is 0 Å². The molecule has 1 atom stereocenters. The van der Waals surface area contributed by atoms with Gasteiger partial charge in [-0.15, -0.1) is 11.3 Å². The second-order valence-electron chi connectivity index (χ2n) is 4.33. The maximum absolute atomic E-state index is 12.0. The van der Waals surface area contributed by atoms with E-state index in [0.29, 0.717) is 12.5 Å². The molecule has 0 radical (unpaired) electrons. The summed E-state index contributed by atoms with van der Waals surface area (Å²) in [5.74, 6) is 0.500. The van der Waals surface area contributed by atoms with Crippen molar-refractivity contribution in [3.05, 3.63) is 20.8 Å². The van der Waals surface area contributed by atoms with Crippen LogP contribution in [0.4, 0.5) is 0 Å². The fourth-order valence-corrected chi connectivity index (χ4v) is 3.03. The molecule has 0 fully saturated rings. The van der Waals surface area contributed by atoms with E-state index in [1.165, 1.54) is 0 Å².